The molecule has 0 amide bonds. The molecule has 10 unspecified atom stereocenters. The van der Waals surface area contributed by atoms with Crippen molar-refractivity contribution in [1.29, 1.82) is 0 Å². The van der Waals surface area contributed by atoms with E-state index in [4.69, 9.17) is 18.9 Å². The molecule has 3 saturated heterocycles. The second kappa shape index (κ2) is 8.73. The van der Waals surface area contributed by atoms with Crippen LogP contribution < -0.4 is 0 Å². The fraction of sp³-hybridized carbons (Fsp3) is 0.577. The molecule has 5 aliphatic rings. The van der Waals surface area contributed by atoms with Crippen LogP contribution >= 0.6 is 0 Å². The Morgan fingerprint density at radius 2 is 1.97 bits per heavy atom. The Morgan fingerprint density at radius 3 is 2.76 bits per heavy atom. The molecule has 2 bridgehead atoms. The number of carboxylic acid groups (broad SMARTS) is 1. The molecule has 204 valence electrons. The van der Waals surface area contributed by atoms with Gasteiger partial charge in [0, 0.05) is 36.3 Å². The van der Waals surface area contributed by atoms with Crippen LogP contribution in [0.15, 0.2) is 36.1 Å². The van der Waals surface area contributed by atoms with Gasteiger partial charge in [-0.05, 0) is 18.1 Å². The third kappa shape index (κ3) is 3.36. The summed E-state index contributed by atoms with van der Waals surface area (Å²) in [6.45, 7) is 0.679. The summed E-state index contributed by atoms with van der Waals surface area (Å²) in [6.07, 6.45) is -6.47. The van der Waals surface area contributed by atoms with Gasteiger partial charge >= 0.3 is 5.97 Å². The van der Waals surface area contributed by atoms with Crippen LogP contribution in [0.5, 0.6) is 0 Å². The molecular weight excluding hydrogens is 500 g/mol. The number of hydrogen-bond acceptors (Lipinski definition) is 10. The molecule has 12 nitrogen and oxygen atoms in total. The van der Waals surface area contributed by atoms with Crippen LogP contribution in [0.25, 0.3) is 10.9 Å². The zero-order valence-corrected chi connectivity index (χ0v) is 20.3. The van der Waals surface area contributed by atoms with Gasteiger partial charge in [-0.3, -0.25) is 4.90 Å². The Balaban J connectivity index is 1.24. The molecule has 12 heteroatoms. The normalized spacial score (nSPS) is 42.1. The van der Waals surface area contributed by atoms with Gasteiger partial charge in [0.15, 0.2) is 12.0 Å². The van der Waals surface area contributed by atoms with Crippen molar-refractivity contribution in [2.45, 2.75) is 61.7 Å². The van der Waals surface area contributed by atoms with Crippen molar-refractivity contribution in [2.24, 2.45) is 11.8 Å². The highest BCUT2D eigenvalue weighted by molar-refractivity contribution is 5.87. The van der Waals surface area contributed by atoms with E-state index in [0.717, 1.165) is 29.6 Å². The molecular formula is C26H30N2O10. The molecule has 0 aliphatic carbocycles. The number of nitrogens with zero attached hydrogens (tertiary/aromatic N) is 1. The zero-order valence-electron chi connectivity index (χ0n) is 20.3. The Labute approximate surface area is 217 Å². The quantitative estimate of drug-likeness (QED) is 0.297. The molecule has 1 aromatic carbocycles. The summed E-state index contributed by atoms with van der Waals surface area (Å²) >= 11 is 0. The number of aromatic nitrogens is 1. The summed E-state index contributed by atoms with van der Waals surface area (Å²) in [5, 5.41) is 51.6. The third-order valence-electron chi connectivity index (χ3n) is 8.89. The number of hydrogen-bond donors (Lipinski definition) is 6. The zero-order chi connectivity index (χ0) is 26.3. The Bertz CT molecular complexity index is 1290. The molecule has 0 radical (unpaired) electrons. The molecule has 10 atom stereocenters. The number of aliphatic hydroxyl groups excluding tert-OH is 4. The number of carbonyl (C=O) groups is 1. The molecule has 7 rings (SSSR count). The average molecular weight is 531 g/mol. The lowest BCUT2D eigenvalue weighted by Gasteiger charge is -2.49. The summed E-state index contributed by atoms with van der Waals surface area (Å²) in [6, 6.07) is 8.07. The number of H-pyrrole nitrogens is 1. The van der Waals surface area contributed by atoms with Crippen molar-refractivity contribution < 1.29 is 49.3 Å². The van der Waals surface area contributed by atoms with E-state index in [1.54, 1.807) is 0 Å². The summed E-state index contributed by atoms with van der Waals surface area (Å²) in [5.74, 6) is -2.15. The molecule has 2 aromatic rings. The molecule has 6 N–H and O–H groups in total. The van der Waals surface area contributed by atoms with Crippen LogP contribution in [-0.2, 0) is 35.9 Å². The Hall–Kier alpha value is -2.55. The van der Waals surface area contributed by atoms with E-state index in [2.05, 4.69) is 16.0 Å². The number of fused-ring (bicyclic) bond motifs is 6. The van der Waals surface area contributed by atoms with Gasteiger partial charge in [0.1, 0.15) is 24.4 Å². The van der Waals surface area contributed by atoms with Gasteiger partial charge in [0.2, 0.25) is 6.29 Å². The van der Waals surface area contributed by atoms with E-state index in [9.17, 15) is 30.3 Å². The minimum atomic E-state index is -1.61. The summed E-state index contributed by atoms with van der Waals surface area (Å²) in [5.41, 5.74) is 2.43. The lowest BCUT2D eigenvalue weighted by molar-refractivity contribution is -0.350. The summed E-state index contributed by atoms with van der Waals surface area (Å²) < 4.78 is 24.0. The number of nitrogens with one attached hydrogen (secondary N) is 1. The SMILES string of the molecule is O=C(O)C1=COC(OC2OC(CO)C(O)C(O)C2O)C2C3CN4CCc5c([nH]c6ccccc56)C4(CC12)O3. The van der Waals surface area contributed by atoms with Gasteiger partial charge in [0.25, 0.3) is 0 Å². The van der Waals surface area contributed by atoms with Crippen LogP contribution in [-0.4, -0.2) is 104 Å². The first-order valence-corrected chi connectivity index (χ1v) is 12.9. The highest BCUT2D eigenvalue weighted by atomic mass is 16.8. The number of rotatable bonds is 4. The number of aromatic amines is 1. The number of carboxylic acids is 1. The van der Waals surface area contributed by atoms with Crippen LogP contribution in [0.4, 0.5) is 0 Å². The molecule has 38 heavy (non-hydrogen) atoms. The molecule has 3 fully saturated rings. The number of aliphatic carboxylic acids is 1. The maximum absolute atomic E-state index is 12.3. The first-order valence-electron chi connectivity index (χ1n) is 12.9. The maximum atomic E-state index is 12.3. The van der Waals surface area contributed by atoms with Crippen molar-refractivity contribution in [1.82, 2.24) is 9.88 Å². The van der Waals surface area contributed by atoms with Crippen molar-refractivity contribution in [3.63, 3.8) is 0 Å². The lowest BCUT2D eigenvalue weighted by atomic mass is 9.74. The van der Waals surface area contributed by atoms with E-state index in [1.165, 1.54) is 11.8 Å². The third-order valence-corrected chi connectivity index (χ3v) is 8.89. The van der Waals surface area contributed by atoms with E-state index in [1.807, 2.05) is 18.2 Å². The Kier molecular flexibility index (Phi) is 5.63. The van der Waals surface area contributed by atoms with Gasteiger partial charge in [-0.25, -0.2) is 4.79 Å². The number of aliphatic hydroxyl groups is 4. The molecule has 6 heterocycles. The van der Waals surface area contributed by atoms with Crippen molar-refractivity contribution >= 4 is 16.9 Å². The van der Waals surface area contributed by atoms with Crippen molar-refractivity contribution in [2.75, 3.05) is 19.7 Å². The van der Waals surface area contributed by atoms with E-state index < -0.39 is 73.2 Å². The molecule has 1 aromatic heterocycles. The number of benzene rings is 1. The smallest absolute Gasteiger partial charge is 0.334 e. The minimum Gasteiger partial charge on any atom is -0.478 e. The van der Waals surface area contributed by atoms with Crippen LogP contribution in [0.2, 0.25) is 0 Å². The molecule has 1 spiro atoms. The second-order valence-corrected chi connectivity index (χ2v) is 10.8. The largest absolute Gasteiger partial charge is 0.478 e. The van der Waals surface area contributed by atoms with Crippen LogP contribution in [0.3, 0.4) is 0 Å². The minimum absolute atomic E-state index is 0.112. The predicted molar refractivity (Wildman–Crippen MR) is 127 cm³/mol. The van der Waals surface area contributed by atoms with E-state index in [-0.39, 0.29) is 5.57 Å². The molecule has 0 saturated carbocycles. The highest BCUT2D eigenvalue weighted by Gasteiger charge is 2.64. The van der Waals surface area contributed by atoms with Crippen molar-refractivity contribution in [3.05, 3.63) is 47.4 Å². The highest BCUT2D eigenvalue weighted by Crippen LogP contribution is 2.57. The first-order chi connectivity index (χ1) is 18.3. The van der Waals surface area contributed by atoms with Crippen LogP contribution in [0, 0.1) is 11.8 Å². The van der Waals surface area contributed by atoms with Crippen molar-refractivity contribution in [3.8, 4) is 0 Å². The maximum Gasteiger partial charge on any atom is 0.334 e. The van der Waals surface area contributed by atoms with Gasteiger partial charge in [-0.2, -0.15) is 0 Å². The Morgan fingerprint density at radius 1 is 1.16 bits per heavy atom. The van der Waals surface area contributed by atoms with Crippen LogP contribution in [0.1, 0.15) is 17.7 Å². The van der Waals surface area contributed by atoms with Gasteiger partial charge < -0.3 is 49.5 Å². The van der Waals surface area contributed by atoms with E-state index >= 15 is 0 Å². The molecule has 5 aliphatic heterocycles. The van der Waals surface area contributed by atoms with E-state index in [0.29, 0.717) is 13.0 Å². The summed E-state index contributed by atoms with van der Waals surface area (Å²) in [4.78, 5) is 18.1. The second-order valence-electron chi connectivity index (χ2n) is 10.8. The number of ether oxygens (including phenoxy) is 4. The van der Waals surface area contributed by atoms with Gasteiger partial charge in [-0.15, -0.1) is 0 Å². The summed E-state index contributed by atoms with van der Waals surface area (Å²) in [7, 11) is 0. The predicted octanol–water partition coefficient (Wildman–Crippen LogP) is -0.645. The monoisotopic (exact) mass is 530 g/mol. The van der Waals surface area contributed by atoms with Gasteiger partial charge in [-0.1, -0.05) is 18.2 Å². The standard InChI is InChI=1S/C26H30N2O10/c29-9-17-19(30)20(31)21(32)25(36-17)37-24-18-13(14(10-35-24)23(33)34)7-26-22-12(5-6-28(26)8-16(18)38-26)11-3-1-2-4-15(11)27-22/h1-4,10,13,16-21,24-25,27,29-32H,5-9H2,(H,33,34). The van der Waals surface area contributed by atoms with Gasteiger partial charge in [0.05, 0.1) is 36.2 Å². The first kappa shape index (κ1) is 24.5. The average Bonchev–Trinajstić information content (AvgIpc) is 3.44. The fourth-order valence-electron chi connectivity index (χ4n) is 7.07. The number of para-hydroxylation sites is 1. The fourth-order valence-corrected chi connectivity index (χ4v) is 7.07. The topological polar surface area (TPSA) is 174 Å². The lowest BCUT2D eigenvalue weighted by Crippen LogP contribution is -2.61.